The van der Waals surface area contributed by atoms with E-state index in [9.17, 15) is 5.11 Å². The SMILES string of the molecule is CCCCCCCOc1ccc(N=Cc2cc(N=Nc3ccc(OCCCCCCC)cc3)ccc2O)cc1. The van der Waals surface area contributed by atoms with Crippen LogP contribution in [0.4, 0.5) is 17.1 Å². The van der Waals surface area contributed by atoms with Crippen molar-refractivity contribution in [1.29, 1.82) is 0 Å². The summed E-state index contributed by atoms with van der Waals surface area (Å²) in [5.74, 6) is 1.82. The highest BCUT2D eigenvalue weighted by Crippen LogP contribution is 2.26. The zero-order chi connectivity index (χ0) is 27.5. The number of aliphatic imine (C=N–C) groups is 1. The van der Waals surface area contributed by atoms with Crippen LogP contribution in [-0.2, 0) is 0 Å². The predicted molar refractivity (Wildman–Crippen MR) is 161 cm³/mol. The van der Waals surface area contributed by atoms with E-state index in [1.807, 2.05) is 48.5 Å². The minimum atomic E-state index is 0.136. The molecule has 0 atom stereocenters. The van der Waals surface area contributed by atoms with Crippen molar-refractivity contribution in [3.63, 3.8) is 0 Å². The molecular weight excluding hydrogens is 486 g/mol. The van der Waals surface area contributed by atoms with Crippen molar-refractivity contribution in [3.05, 3.63) is 72.3 Å². The lowest BCUT2D eigenvalue weighted by molar-refractivity contribution is 0.304. The molecule has 0 spiro atoms. The van der Waals surface area contributed by atoms with Crippen LogP contribution in [0.5, 0.6) is 17.2 Å². The Bertz CT molecular complexity index is 1140. The van der Waals surface area contributed by atoms with Gasteiger partial charge in [0.2, 0.25) is 0 Å². The number of hydrogen-bond donors (Lipinski definition) is 1. The molecule has 0 saturated carbocycles. The van der Waals surface area contributed by atoms with Gasteiger partial charge in [0.15, 0.2) is 0 Å². The van der Waals surface area contributed by atoms with E-state index in [2.05, 4.69) is 29.1 Å². The summed E-state index contributed by atoms with van der Waals surface area (Å²) in [5, 5.41) is 18.9. The highest BCUT2D eigenvalue weighted by atomic mass is 16.5. The van der Waals surface area contributed by atoms with Crippen LogP contribution in [0.3, 0.4) is 0 Å². The Morgan fingerprint density at radius 1 is 0.590 bits per heavy atom. The quantitative estimate of drug-likeness (QED) is 0.101. The van der Waals surface area contributed by atoms with Gasteiger partial charge in [0.25, 0.3) is 0 Å². The molecule has 3 aromatic rings. The minimum absolute atomic E-state index is 0.136. The van der Waals surface area contributed by atoms with Crippen LogP contribution in [-0.4, -0.2) is 24.5 Å². The highest BCUT2D eigenvalue weighted by Gasteiger charge is 2.02. The van der Waals surface area contributed by atoms with E-state index in [1.165, 1.54) is 51.4 Å². The van der Waals surface area contributed by atoms with Crippen LogP contribution in [0.2, 0.25) is 0 Å². The van der Waals surface area contributed by atoms with Gasteiger partial charge in [0.1, 0.15) is 17.2 Å². The Morgan fingerprint density at radius 3 is 1.64 bits per heavy atom. The number of nitrogens with zero attached hydrogens (tertiary/aromatic N) is 3. The van der Waals surface area contributed by atoms with Crippen molar-refractivity contribution in [2.45, 2.75) is 78.1 Å². The van der Waals surface area contributed by atoms with Crippen LogP contribution in [0.25, 0.3) is 0 Å². The maximum absolute atomic E-state index is 10.3. The first-order valence-corrected chi connectivity index (χ1v) is 14.4. The fraction of sp³-hybridized carbons (Fsp3) is 0.424. The molecule has 6 nitrogen and oxygen atoms in total. The third kappa shape index (κ3) is 11.7. The lowest BCUT2D eigenvalue weighted by Crippen LogP contribution is -1.96. The third-order valence-corrected chi connectivity index (χ3v) is 6.35. The molecule has 1 N–H and O–H groups in total. The first kappa shape index (κ1) is 29.9. The fourth-order valence-electron chi connectivity index (χ4n) is 4.00. The lowest BCUT2D eigenvalue weighted by Gasteiger charge is -2.06. The molecule has 0 fully saturated rings. The molecule has 0 amide bonds. The number of unbranched alkanes of at least 4 members (excludes halogenated alkanes) is 8. The second-order valence-electron chi connectivity index (χ2n) is 9.71. The topological polar surface area (TPSA) is 75.8 Å². The number of phenols is 1. The van der Waals surface area contributed by atoms with Crippen LogP contribution >= 0.6 is 0 Å². The monoisotopic (exact) mass is 529 g/mol. The van der Waals surface area contributed by atoms with Gasteiger partial charge in [0, 0.05) is 11.8 Å². The van der Waals surface area contributed by atoms with Crippen molar-refractivity contribution >= 4 is 23.3 Å². The summed E-state index contributed by atoms with van der Waals surface area (Å²) in [5.41, 5.74) is 2.71. The highest BCUT2D eigenvalue weighted by molar-refractivity contribution is 5.86. The number of phenolic OH excluding ortho intramolecular Hbond substituents is 1. The molecule has 0 unspecified atom stereocenters. The van der Waals surface area contributed by atoms with Gasteiger partial charge >= 0.3 is 0 Å². The van der Waals surface area contributed by atoms with Crippen molar-refractivity contribution in [2.24, 2.45) is 15.2 Å². The molecule has 0 heterocycles. The average Bonchev–Trinajstić information content (AvgIpc) is 2.97. The molecule has 39 heavy (non-hydrogen) atoms. The van der Waals surface area contributed by atoms with Crippen LogP contribution in [0.1, 0.15) is 83.6 Å². The summed E-state index contributed by atoms with van der Waals surface area (Å²) in [4.78, 5) is 4.50. The second kappa shape index (κ2) is 17.8. The lowest BCUT2D eigenvalue weighted by atomic mass is 10.2. The molecule has 0 radical (unpaired) electrons. The molecule has 0 aliphatic carbocycles. The molecule has 3 aromatic carbocycles. The molecule has 0 saturated heterocycles. The molecule has 208 valence electrons. The molecular formula is C33H43N3O3. The summed E-state index contributed by atoms with van der Waals surface area (Å²) in [6, 6.07) is 20.3. The van der Waals surface area contributed by atoms with E-state index in [0.29, 0.717) is 11.3 Å². The molecule has 3 rings (SSSR count). The normalized spacial score (nSPS) is 11.4. The average molecular weight is 530 g/mol. The van der Waals surface area contributed by atoms with Crippen molar-refractivity contribution in [1.82, 2.24) is 0 Å². The summed E-state index contributed by atoms with van der Waals surface area (Å²) >= 11 is 0. The van der Waals surface area contributed by atoms with Gasteiger partial charge in [-0.05, 0) is 79.6 Å². The number of hydrogen-bond acceptors (Lipinski definition) is 6. The first-order valence-electron chi connectivity index (χ1n) is 14.4. The maximum atomic E-state index is 10.3. The van der Waals surface area contributed by atoms with E-state index >= 15 is 0 Å². The Morgan fingerprint density at radius 2 is 1.08 bits per heavy atom. The van der Waals surface area contributed by atoms with E-state index in [1.54, 1.807) is 24.4 Å². The minimum Gasteiger partial charge on any atom is -0.507 e. The van der Waals surface area contributed by atoms with Gasteiger partial charge in [-0.2, -0.15) is 10.2 Å². The first-order chi connectivity index (χ1) is 19.2. The smallest absolute Gasteiger partial charge is 0.124 e. The largest absolute Gasteiger partial charge is 0.507 e. The number of azo groups is 1. The maximum Gasteiger partial charge on any atom is 0.124 e. The molecule has 0 aliphatic rings. The van der Waals surface area contributed by atoms with E-state index < -0.39 is 0 Å². The Balaban J connectivity index is 1.49. The molecule has 6 heteroatoms. The number of benzene rings is 3. The predicted octanol–water partition coefficient (Wildman–Crippen LogP) is 10.3. The molecule has 0 bridgehead atoms. The molecule has 0 aromatic heterocycles. The number of ether oxygens (including phenoxy) is 2. The van der Waals surface area contributed by atoms with Gasteiger partial charge in [-0.15, -0.1) is 0 Å². The van der Waals surface area contributed by atoms with E-state index in [4.69, 9.17) is 9.47 Å². The Hall–Kier alpha value is -3.67. The van der Waals surface area contributed by atoms with Gasteiger partial charge in [-0.3, -0.25) is 4.99 Å². The Labute approximate surface area is 233 Å². The third-order valence-electron chi connectivity index (χ3n) is 6.35. The van der Waals surface area contributed by atoms with Gasteiger partial charge in [0.05, 0.1) is 30.3 Å². The molecule has 0 aliphatic heterocycles. The summed E-state index contributed by atoms with van der Waals surface area (Å²) < 4.78 is 11.6. The Kier molecular flexibility index (Phi) is 13.6. The van der Waals surface area contributed by atoms with E-state index in [-0.39, 0.29) is 5.75 Å². The second-order valence-corrected chi connectivity index (χ2v) is 9.71. The summed E-state index contributed by atoms with van der Waals surface area (Å²) in [7, 11) is 0. The summed E-state index contributed by atoms with van der Waals surface area (Å²) in [6.07, 6.45) is 13.8. The van der Waals surface area contributed by atoms with E-state index in [0.717, 1.165) is 48.9 Å². The van der Waals surface area contributed by atoms with Gasteiger partial charge in [-0.25, -0.2) is 0 Å². The summed E-state index contributed by atoms with van der Waals surface area (Å²) in [6.45, 7) is 5.91. The fourth-order valence-corrected chi connectivity index (χ4v) is 4.00. The number of rotatable bonds is 18. The zero-order valence-corrected chi connectivity index (χ0v) is 23.5. The zero-order valence-electron chi connectivity index (χ0n) is 23.5. The van der Waals surface area contributed by atoms with Crippen LogP contribution in [0.15, 0.2) is 82.0 Å². The van der Waals surface area contributed by atoms with Crippen LogP contribution < -0.4 is 9.47 Å². The standard InChI is InChI=1S/C33H43N3O3/c1-3-5-7-9-11-23-38-31-18-13-28(14-19-31)34-26-27-25-30(17-22-33(27)37)36-35-29-15-20-32(21-16-29)39-24-12-10-8-6-4-2/h13-22,25-26,37H,3-12,23-24H2,1-2H3. The van der Waals surface area contributed by atoms with Crippen molar-refractivity contribution < 1.29 is 14.6 Å². The van der Waals surface area contributed by atoms with Gasteiger partial charge < -0.3 is 14.6 Å². The van der Waals surface area contributed by atoms with Crippen LogP contribution in [0, 0.1) is 0 Å². The van der Waals surface area contributed by atoms with Crippen molar-refractivity contribution in [2.75, 3.05) is 13.2 Å². The van der Waals surface area contributed by atoms with Crippen molar-refractivity contribution in [3.8, 4) is 17.2 Å². The van der Waals surface area contributed by atoms with Gasteiger partial charge in [-0.1, -0.05) is 65.2 Å². The number of aromatic hydroxyl groups is 1.